The quantitative estimate of drug-likeness (QED) is 0.441. The van der Waals surface area contributed by atoms with E-state index in [9.17, 15) is 18.5 Å². The van der Waals surface area contributed by atoms with E-state index in [0.29, 0.717) is 11.0 Å². The van der Waals surface area contributed by atoms with Gasteiger partial charge < -0.3 is 9.31 Å². The van der Waals surface area contributed by atoms with Crippen molar-refractivity contribution >= 4 is 34.0 Å². The Bertz CT molecular complexity index is 1080. The summed E-state index contributed by atoms with van der Waals surface area (Å²) in [5, 5.41) is 11.8. The highest BCUT2D eigenvalue weighted by Gasteiger charge is 2.52. The van der Waals surface area contributed by atoms with Crippen LogP contribution in [0.15, 0.2) is 41.3 Å². The van der Waals surface area contributed by atoms with Gasteiger partial charge in [0.05, 0.1) is 21.0 Å². The van der Waals surface area contributed by atoms with Gasteiger partial charge >= 0.3 is 7.12 Å². The molecule has 0 unspecified atom stereocenters. The highest BCUT2D eigenvalue weighted by Crippen LogP contribution is 2.37. The molecule has 0 aromatic heterocycles. The van der Waals surface area contributed by atoms with Crippen molar-refractivity contribution in [1.29, 1.82) is 0 Å². The first-order valence-corrected chi connectivity index (χ1v) is 11.0. The van der Waals surface area contributed by atoms with Gasteiger partial charge in [-0.05, 0) is 64.7 Å². The van der Waals surface area contributed by atoms with Crippen LogP contribution in [0.25, 0.3) is 0 Å². The van der Waals surface area contributed by atoms with Crippen molar-refractivity contribution in [2.75, 3.05) is 4.72 Å². The fourth-order valence-corrected chi connectivity index (χ4v) is 4.25. The molecule has 0 bridgehead atoms. The largest absolute Gasteiger partial charge is 0.495 e. The average Bonchev–Trinajstić information content (AvgIpc) is 2.84. The minimum atomic E-state index is -3.99. The summed E-state index contributed by atoms with van der Waals surface area (Å²) in [7, 11) is -4.79. The molecule has 0 spiro atoms. The van der Waals surface area contributed by atoms with Crippen LogP contribution >= 0.6 is 0 Å². The molecule has 2 aromatic carbocycles. The van der Waals surface area contributed by atoms with Crippen molar-refractivity contribution in [3.05, 3.63) is 57.6 Å². The zero-order valence-corrected chi connectivity index (χ0v) is 18.7. The van der Waals surface area contributed by atoms with Crippen molar-refractivity contribution in [1.82, 2.24) is 0 Å². The van der Waals surface area contributed by atoms with E-state index < -0.39 is 33.3 Å². The number of rotatable bonds is 5. The molecule has 0 saturated carbocycles. The third-order valence-corrected chi connectivity index (χ3v) is 6.99. The lowest BCUT2D eigenvalue weighted by Gasteiger charge is -2.32. The van der Waals surface area contributed by atoms with Gasteiger partial charge in [-0.3, -0.25) is 14.8 Å². The second-order valence-corrected chi connectivity index (χ2v) is 10.2. The molecule has 1 heterocycles. The maximum atomic E-state index is 12.8. The first-order chi connectivity index (χ1) is 13.7. The highest BCUT2D eigenvalue weighted by atomic mass is 32.2. The van der Waals surface area contributed by atoms with Crippen LogP contribution in [0.2, 0.25) is 0 Å². The van der Waals surface area contributed by atoms with Gasteiger partial charge in [0.25, 0.3) is 15.7 Å². The Morgan fingerprint density at radius 2 is 1.53 bits per heavy atom. The van der Waals surface area contributed by atoms with E-state index >= 15 is 0 Å². The fourth-order valence-electron chi connectivity index (χ4n) is 3.10. The maximum Gasteiger partial charge on any atom is 0.495 e. The van der Waals surface area contributed by atoms with E-state index in [0.717, 1.165) is 5.56 Å². The Balaban J connectivity index is 2.01. The number of nitrogens with zero attached hydrogens (tertiary/aromatic N) is 1. The number of anilines is 1. The van der Waals surface area contributed by atoms with Crippen molar-refractivity contribution in [3.63, 3.8) is 0 Å². The minimum absolute atomic E-state index is 0.0248. The van der Waals surface area contributed by atoms with E-state index in [4.69, 9.17) is 9.31 Å². The lowest BCUT2D eigenvalue weighted by atomic mass is 9.78. The molecule has 1 aliphatic rings. The second kappa shape index (κ2) is 7.37. The Hall–Kier alpha value is -2.43. The molecule has 1 aliphatic heterocycles. The molecular formula is C20H25BN2O6S. The SMILES string of the molecule is Cc1ccc(S(=O)(=O)Nc2c(C)cc(B3OC(C)(C)C(C)(C)O3)cc2[N+](=O)[O-])cc1. The molecule has 3 rings (SSSR count). The number of hydrogen-bond donors (Lipinski definition) is 1. The van der Waals surface area contributed by atoms with Gasteiger partial charge in [0.15, 0.2) is 0 Å². The molecule has 1 N–H and O–H groups in total. The summed E-state index contributed by atoms with van der Waals surface area (Å²) in [6.07, 6.45) is 0. The third-order valence-electron chi connectivity index (χ3n) is 5.63. The number of nitro benzene ring substituents is 1. The first-order valence-electron chi connectivity index (χ1n) is 9.47. The van der Waals surface area contributed by atoms with E-state index in [-0.39, 0.29) is 16.3 Å². The van der Waals surface area contributed by atoms with Crippen LogP contribution < -0.4 is 10.2 Å². The Kier molecular flexibility index (Phi) is 5.47. The molecule has 0 aliphatic carbocycles. The standard InChI is InChI=1S/C20H25BN2O6S/c1-13-7-9-16(10-8-13)30(26,27)22-18-14(2)11-15(12-17(18)23(24)25)21-28-19(3,4)20(5,6)29-21/h7-12,22H,1-6H3. The van der Waals surface area contributed by atoms with Crippen molar-refractivity contribution in [2.24, 2.45) is 0 Å². The van der Waals surface area contributed by atoms with Gasteiger partial charge in [0.1, 0.15) is 5.69 Å². The van der Waals surface area contributed by atoms with Crippen LogP contribution in [0, 0.1) is 24.0 Å². The molecular weight excluding hydrogens is 407 g/mol. The molecule has 8 nitrogen and oxygen atoms in total. The lowest BCUT2D eigenvalue weighted by molar-refractivity contribution is -0.383. The van der Waals surface area contributed by atoms with Crippen LogP contribution in [0.3, 0.4) is 0 Å². The molecule has 0 radical (unpaired) electrons. The lowest BCUT2D eigenvalue weighted by Crippen LogP contribution is -2.41. The van der Waals surface area contributed by atoms with E-state index in [2.05, 4.69) is 4.72 Å². The summed E-state index contributed by atoms with van der Waals surface area (Å²) < 4.78 is 39.9. The Labute approximate surface area is 176 Å². The highest BCUT2D eigenvalue weighted by molar-refractivity contribution is 7.92. The molecule has 0 atom stereocenters. The van der Waals surface area contributed by atoms with Gasteiger partial charge in [-0.2, -0.15) is 0 Å². The number of nitro groups is 1. The topological polar surface area (TPSA) is 108 Å². The van der Waals surface area contributed by atoms with Crippen LogP contribution in [-0.2, 0) is 19.3 Å². The summed E-state index contributed by atoms with van der Waals surface area (Å²) in [4.78, 5) is 11.2. The van der Waals surface area contributed by atoms with Gasteiger partial charge in [-0.15, -0.1) is 0 Å². The minimum Gasteiger partial charge on any atom is -0.399 e. The van der Waals surface area contributed by atoms with Gasteiger partial charge in [0, 0.05) is 6.07 Å². The number of nitrogens with one attached hydrogen (secondary N) is 1. The Morgan fingerprint density at radius 3 is 2.03 bits per heavy atom. The molecule has 10 heteroatoms. The number of sulfonamides is 1. The van der Waals surface area contributed by atoms with E-state index in [1.54, 1.807) is 25.1 Å². The number of benzene rings is 2. The predicted octanol–water partition coefficient (Wildman–Crippen LogP) is 3.31. The van der Waals surface area contributed by atoms with E-state index in [1.165, 1.54) is 18.2 Å². The first kappa shape index (κ1) is 22.3. The average molecular weight is 432 g/mol. The summed E-state index contributed by atoms with van der Waals surface area (Å²) >= 11 is 0. The monoisotopic (exact) mass is 432 g/mol. The van der Waals surface area contributed by atoms with Crippen molar-refractivity contribution in [2.45, 2.75) is 57.6 Å². The van der Waals surface area contributed by atoms with Crippen LogP contribution in [0.4, 0.5) is 11.4 Å². The smallest absolute Gasteiger partial charge is 0.399 e. The van der Waals surface area contributed by atoms with Gasteiger partial charge in [-0.25, -0.2) is 8.42 Å². The van der Waals surface area contributed by atoms with E-state index in [1.807, 2.05) is 34.6 Å². The maximum absolute atomic E-state index is 12.8. The fraction of sp³-hybridized carbons (Fsp3) is 0.400. The number of aryl methyl sites for hydroxylation is 2. The zero-order valence-electron chi connectivity index (χ0n) is 17.8. The summed E-state index contributed by atoms with van der Waals surface area (Å²) in [6.45, 7) is 11.0. The molecule has 160 valence electrons. The second-order valence-electron chi connectivity index (χ2n) is 8.50. The van der Waals surface area contributed by atoms with Crippen LogP contribution in [0.5, 0.6) is 0 Å². The normalized spacial score (nSPS) is 17.7. The summed E-state index contributed by atoms with van der Waals surface area (Å²) in [5.74, 6) is 0. The molecule has 1 fully saturated rings. The van der Waals surface area contributed by atoms with Crippen LogP contribution in [0.1, 0.15) is 38.8 Å². The number of hydrogen-bond acceptors (Lipinski definition) is 6. The van der Waals surface area contributed by atoms with Crippen LogP contribution in [-0.4, -0.2) is 31.7 Å². The summed E-state index contributed by atoms with van der Waals surface area (Å²) in [6, 6.07) is 9.17. The summed E-state index contributed by atoms with van der Waals surface area (Å²) in [5.41, 5.74) is 0.0952. The molecule has 0 amide bonds. The van der Waals surface area contributed by atoms with Crippen molar-refractivity contribution < 1.29 is 22.6 Å². The van der Waals surface area contributed by atoms with Crippen molar-refractivity contribution in [3.8, 4) is 0 Å². The molecule has 1 saturated heterocycles. The molecule has 2 aromatic rings. The van der Waals surface area contributed by atoms with Gasteiger partial charge in [-0.1, -0.05) is 23.8 Å². The van der Waals surface area contributed by atoms with Gasteiger partial charge in [0.2, 0.25) is 0 Å². The Morgan fingerprint density at radius 1 is 1.00 bits per heavy atom. The zero-order chi connectivity index (χ0) is 22.5. The predicted molar refractivity (Wildman–Crippen MR) is 116 cm³/mol. The third kappa shape index (κ3) is 4.07. The molecule has 30 heavy (non-hydrogen) atoms.